The highest BCUT2D eigenvalue weighted by Crippen LogP contribution is 2.13. The van der Waals surface area contributed by atoms with E-state index in [2.05, 4.69) is 39.8 Å². The molecule has 0 heterocycles. The average Bonchev–Trinajstić information content (AvgIpc) is 2.13. The SMILES string of the molecule is CC(=O)O.CC(=O)O.Cc1cc(C)c(C)cc1C. The third-order valence-corrected chi connectivity index (χ3v) is 2.11. The molecular formula is C14H22O4. The molecule has 1 aromatic carbocycles. The van der Waals surface area contributed by atoms with Crippen molar-refractivity contribution in [2.75, 3.05) is 0 Å². The molecule has 0 aliphatic heterocycles. The van der Waals surface area contributed by atoms with Crippen molar-refractivity contribution in [1.29, 1.82) is 0 Å². The van der Waals surface area contributed by atoms with E-state index in [-0.39, 0.29) is 0 Å². The fourth-order valence-corrected chi connectivity index (χ4v) is 1.10. The van der Waals surface area contributed by atoms with E-state index < -0.39 is 11.9 Å². The highest BCUT2D eigenvalue weighted by Gasteiger charge is 1.95. The number of carboxylic acid groups (broad SMARTS) is 2. The number of aryl methyl sites for hydroxylation is 4. The van der Waals surface area contributed by atoms with E-state index in [1.807, 2.05) is 0 Å². The Labute approximate surface area is 108 Å². The molecule has 0 unspecified atom stereocenters. The molecule has 2 N–H and O–H groups in total. The molecule has 0 aliphatic carbocycles. The topological polar surface area (TPSA) is 74.6 Å². The van der Waals surface area contributed by atoms with E-state index in [0.29, 0.717) is 0 Å². The van der Waals surface area contributed by atoms with Crippen molar-refractivity contribution in [2.24, 2.45) is 0 Å². The van der Waals surface area contributed by atoms with Crippen molar-refractivity contribution in [3.63, 3.8) is 0 Å². The molecule has 0 aromatic heterocycles. The number of hydrogen-bond acceptors (Lipinski definition) is 2. The van der Waals surface area contributed by atoms with Crippen LogP contribution in [0.25, 0.3) is 0 Å². The van der Waals surface area contributed by atoms with E-state index in [1.54, 1.807) is 0 Å². The van der Waals surface area contributed by atoms with Gasteiger partial charge in [0.05, 0.1) is 0 Å². The molecule has 4 heteroatoms. The fraction of sp³-hybridized carbons (Fsp3) is 0.429. The maximum absolute atomic E-state index is 9.00. The highest BCUT2D eigenvalue weighted by molar-refractivity contribution is 5.63. The smallest absolute Gasteiger partial charge is 0.300 e. The number of aliphatic carboxylic acids is 2. The minimum Gasteiger partial charge on any atom is -0.481 e. The summed E-state index contributed by atoms with van der Waals surface area (Å²) in [5.74, 6) is -1.67. The Hall–Kier alpha value is -1.84. The fourth-order valence-electron chi connectivity index (χ4n) is 1.10. The lowest BCUT2D eigenvalue weighted by Crippen LogP contribution is -1.86. The van der Waals surface area contributed by atoms with Crippen LogP contribution in [0.4, 0.5) is 0 Å². The molecule has 0 radical (unpaired) electrons. The van der Waals surface area contributed by atoms with Crippen molar-refractivity contribution in [1.82, 2.24) is 0 Å². The van der Waals surface area contributed by atoms with Crippen LogP contribution in [0, 0.1) is 27.7 Å². The molecule has 0 atom stereocenters. The lowest BCUT2D eigenvalue weighted by Gasteiger charge is -2.04. The van der Waals surface area contributed by atoms with E-state index in [4.69, 9.17) is 19.8 Å². The van der Waals surface area contributed by atoms with Gasteiger partial charge in [0.1, 0.15) is 0 Å². The van der Waals surface area contributed by atoms with Crippen LogP contribution in [0.1, 0.15) is 36.1 Å². The van der Waals surface area contributed by atoms with E-state index in [9.17, 15) is 0 Å². The van der Waals surface area contributed by atoms with Gasteiger partial charge in [0.25, 0.3) is 11.9 Å². The van der Waals surface area contributed by atoms with Gasteiger partial charge in [-0.05, 0) is 49.9 Å². The van der Waals surface area contributed by atoms with Gasteiger partial charge in [-0.25, -0.2) is 0 Å². The third kappa shape index (κ3) is 12.2. The Morgan fingerprint density at radius 2 is 0.833 bits per heavy atom. The second kappa shape index (κ2) is 9.22. The Morgan fingerprint density at radius 3 is 0.944 bits per heavy atom. The summed E-state index contributed by atoms with van der Waals surface area (Å²) in [6.07, 6.45) is 0. The molecule has 0 amide bonds. The van der Waals surface area contributed by atoms with Gasteiger partial charge in [-0.2, -0.15) is 0 Å². The lowest BCUT2D eigenvalue weighted by molar-refractivity contribution is -0.135. The largest absolute Gasteiger partial charge is 0.481 e. The zero-order chi connectivity index (χ0) is 14.9. The quantitative estimate of drug-likeness (QED) is 0.746. The van der Waals surface area contributed by atoms with Crippen LogP contribution in [0.3, 0.4) is 0 Å². The molecule has 0 saturated heterocycles. The van der Waals surface area contributed by atoms with E-state index in [0.717, 1.165) is 13.8 Å². The number of carboxylic acids is 2. The summed E-state index contributed by atoms with van der Waals surface area (Å²) < 4.78 is 0. The maximum atomic E-state index is 9.00. The summed E-state index contributed by atoms with van der Waals surface area (Å²) in [6.45, 7) is 10.8. The second-order valence-corrected chi connectivity index (χ2v) is 4.06. The number of benzene rings is 1. The summed E-state index contributed by atoms with van der Waals surface area (Å²) in [7, 11) is 0. The number of carbonyl (C=O) groups is 2. The number of rotatable bonds is 0. The first kappa shape index (κ1) is 18.5. The number of hydrogen-bond donors (Lipinski definition) is 2. The van der Waals surface area contributed by atoms with Crippen LogP contribution >= 0.6 is 0 Å². The molecule has 18 heavy (non-hydrogen) atoms. The highest BCUT2D eigenvalue weighted by atomic mass is 16.4. The van der Waals surface area contributed by atoms with Crippen LogP contribution < -0.4 is 0 Å². The Kier molecular flexibility index (Phi) is 9.48. The molecule has 0 spiro atoms. The lowest BCUT2D eigenvalue weighted by atomic mass is 10.0. The zero-order valence-electron chi connectivity index (χ0n) is 11.9. The first-order valence-electron chi connectivity index (χ1n) is 5.51. The Bertz CT molecular complexity index is 338. The van der Waals surface area contributed by atoms with Gasteiger partial charge < -0.3 is 10.2 Å². The summed E-state index contributed by atoms with van der Waals surface area (Å²) in [6, 6.07) is 4.48. The van der Waals surface area contributed by atoms with Gasteiger partial charge in [0, 0.05) is 13.8 Å². The predicted molar refractivity (Wildman–Crippen MR) is 72.0 cm³/mol. The second-order valence-electron chi connectivity index (χ2n) is 4.06. The van der Waals surface area contributed by atoms with Gasteiger partial charge in [-0.15, -0.1) is 0 Å². The molecule has 1 aromatic rings. The molecule has 1 rings (SSSR count). The standard InChI is InChI=1S/C10H14.2C2H4O2/c1-7-5-9(3)10(4)6-8(7)2;2*1-2(3)4/h5-6H,1-4H3;2*1H3,(H,3,4). The predicted octanol–water partition coefficient (Wildman–Crippen LogP) is 3.10. The van der Waals surface area contributed by atoms with Gasteiger partial charge in [-0.3, -0.25) is 9.59 Å². The van der Waals surface area contributed by atoms with Gasteiger partial charge in [0.15, 0.2) is 0 Å². The molecule has 102 valence electrons. The van der Waals surface area contributed by atoms with Crippen LogP contribution in [0.15, 0.2) is 12.1 Å². The first-order valence-corrected chi connectivity index (χ1v) is 5.51. The van der Waals surface area contributed by atoms with Gasteiger partial charge in [0.2, 0.25) is 0 Å². The molecular weight excluding hydrogens is 232 g/mol. The minimum absolute atomic E-state index is 0.833. The molecule has 0 bridgehead atoms. The summed E-state index contributed by atoms with van der Waals surface area (Å²) >= 11 is 0. The van der Waals surface area contributed by atoms with Crippen LogP contribution in [-0.2, 0) is 9.59 Å². The molecule has 0 aliphatic rings. The van der Waals surface area contributed by atoms with Crippen molar-refractivity contribution >= 4 is 11.9 Å². The van der Waals surface area contributed by atoms with E-state index in [1.165, 1.54) is 22.3 Å². The van der Waals surface area contributed by atoms with Crippen molar-refractivity contribution < 1.29 is 19.8 Å². The van der Waals surface area contributed by atoms with Crippen LogP contribution in [0.5, 0.6) is 0 Å². The maximum Gasteiger partial charge on any atom is 0.300 e. The molecule has 0 saturated carbocycles. The van der Waals surface area contributed by atoms with Gasteiger partial charge >= 0.3 is 0 Å². The first-order chi connectivity index (χ1) is 8.07. The average molecular weight is 254 g/mol. The van der Waals surface area contributed by atoms with Crippen LogP contribution in [-0.4, -0.2) is 22.2 Å². The molecule has 4 nitrogen and oxygen atoms in total. The van der Waals surface area contributed by atoms with Crippen molar-refractivity contribution in [3.8, 4) is 0 Å². The zero-order valence-corrected chi connectivity index (χ0v) is 11.9. The van der Waals surface area contributed by atoms with Crippen molar-refractivity contribution in [3.05, 3.63) is 34.4 Å². The van der Waals surface area contributed by atoms with Crippen LogP contribution in [0.2, 0.25) is 0 Å². The summed E-state index contributed by atoms with van der Waals surface area (Å²) in [4.78, 5) is 18.0. The normalized spacial score (nSPS) is 8.33. The Morgan fingerprint density at radius 1 is 0.722 bits per heavy atom. The van der Waals surface area contributed by atoms with Crippen molar-refractivity contribution in [2.45, 2.75) is 41.5 Å². The summed E-state index contributed by atoms with van der Waals surface area (Å²) in [5, 5.41) is 14.8. The minimum atomic E-state index is -0.833. The van der Waals surface area contributed by atoms with E-state index >= 15 is 0 Å². The molecule has 0 fully saturated rings. The Balaban J connectivity index is 0. The third-order valence-electron chi connectivity index (χ3n) is 2.11. The summed E-state index contributed by atoms with van der Waals surface area (Å²) in [5.41, 5.74) is 5.57. The monoisotopic (exact) mass is 254 g/mol. The van der Waals surface area contributed by atoms with Gasteiger partial charge in [-0.1, -0.05) is 12.1 Å².